The molecule has 104 valence electrons. The van der Waals surface area contributed by atoms with Crippen molar-refractivity contribution in [1.29, 1.82) is 0 Å². The summed E-state index contributed by atoms with van der Waals surface area (Å²) in [5.41, 5.74) is 0.403. The van der Waals surface area contributed by atoms with Crippen LogP contribution in [0, 0.1) is 11.9 Å². The number of hydrogen-bond donors (Lipinski definition) is 1. The number of carboxylic acids is 1. The van der Waals surface area contributed by atoms with Crippen molar-refractivity contribution in [3.05, 3.63) is 47.5 Å². The van der Waals surface area contributed by atoms with Gasteiger partial charge >= 0.3 is 33.6 Å². The fraction of sp³-hybridized carbons (Fsp3) is 0.231. The van der Waals surface area contributed by atoms with E-state index in [2.05, 4.69) is 10.8 Å². The third-order valence-electron chi connectivity index (χ3n) is 1.52. The van der Waals surface area contributed by atoms with E-state index in [1.807, 2.05) is 0 Å². The normalized spacial score (nSPS) is 9.70. The first-order valence-electron chi connectivity index (χ1n) is 5.20. The van der Waals surface area contributed by atoms with Gasteiger partial charge in [-0.3, -0.25) is 4.79 Å². The van der Waals surface area contributed by atoms with Crippen LogP contribution < -0.4 is 5.11 Å². The number of esters is 1. The Hall–Kier alpha value is -1.27. The minimum atomic E-state index is -1.08. The fourth-order valence-corrected chi connectivity index (χ4v) is 0.998. The van der Waals surface area contributed by atoms with E-state index in [1.165, 1.54) is 25.1 Å². The number of aliphatic carboxylic acids is 1. The number of benzene rings is 1. The van der Waals surface area contributed by atoms with E-state index in [0.717, 1.165) is 6.92 Å². The summed E-state index contributed by atoms with van der Waals surface area (Å²) in [6.07, 6.45) is 2.58. The maximum atomic E-state index is 12.8. The smallest absolute Gasteiger partial charge is 0.550 e. The Morgan fingerprint density at radius 3 is 2.35 bits per heavy atom. The van der Waals surface area contributed by atoms with Gasteiger partial charge in [-0.15, -0.1) is 0 Å². The molecule has 0 aromatic heterocycles. The molecule has 20 heavy (non-hydrogen) atoms. The molecule has 0 aliphatic heterocycles. The third-order valence-corrected chi connectivity index (χ3v) is 1.52. The largest absolute Gasteiger partial charge is 1.00 e. The van der Waals surface area contributed by atoms with Gasteiger partial charge in [0, 0.05) is 19.0 Å². The van der Waals surface area contributed by atoms with Crippen molar-refractivity contribution in [3.8, 4) is 0 Å². The monoisotopic (exact) mass is 470 g/mol. The first-order valence-corrected chi connectivity index (χ1v) is 5.20. The second kappa shape index (κ2) is 11.5. The molecule has 0 saturated carbocycles. The van der Waals surface area contributed by atoms with Gasteiger partial charge in [0.2, 0.25) is 0 Å². The molecule has 0 amide bonds. The molecule has 5 nitrogen and oxygen atoms in total. The van der Waals surface area contributed by atoms with Crippen molar-refractivity contribution >= 4 is 11.9 Å². The zero-order valence-electron chi connectivity index (χ0n) is 11.2. The predicted octanol–water partition coefficient (Wildman–Crippen LogP) is 0.170. The molecule has 0 saturated heterocycles. The average Bonchev–Trinajstić information content (AvgIpc) is 2.26. The Balaban J connectivity index is 0. The number of aliphatic hydroxyl groups excluding tert-OH is 1. The van der Waals surface area contributed by atoms with E-state index in [4.69, 9.17) is 15.0 Å². The van der Waals surface area contributed by atoms with Gasteiger partial charge in [0.25, 0.3) is 0 Å². The van der Waals surface area contributed by atoms with Gasteiger partial charge < -0.3 is 19.7 Å². The molecule has 0 aliphatic carbocycles. The molecule has 0 bridgehead atoms. The van der Waals surface area contributed by atoms with Gasteiger partial charge in [-0.25, -0.2) is 4.39 Å². The number of ether oxygens (including phenoxy) is 1. The molecule has 1 aromatic carbocycles. The van der Waals surface area contributed by atoms with Gasteiger partial charge in [-0.2, -0.15) is 0 Å². The Kier molecular flexibility index (Phi) is 12.1. The van der Waals surface area contributed by atoms with Crippen LogP contribution in [0.1, 0.15) is 19.4 Å². The second-order valence-electron chi connectivity index (χ2n) is 3.30. The van der Waals surface area contributed by atoms with Crippen molar-refractivity contribution in [2.45, 2.75) is 13.8 Å². The van der Waals surface area contributed by atoms with Crippen molar-refractivity contribution in [2.24, 2.45) is 0 Å². The standard InChI is InChI=1S/C11H10FO3.C2H4O2.Hg/c1-8(14)15-11(7-13)6-9-3-2-4-10(12)5-9;1-2(3)4;/h2-5,13H,7H2,1H3;1H3,(H,3,4);/q;;+1/p-1. The Bertz CT molecular complexity index is 470. The summed E-state index contributed by atoms with van der Waals surface area (Å²) in [5.74, 6) is -2.09. The van der Waals surface area contributed by atoms with Crippen molar-refractivity contribution in [3.63, 3.8) is 0 Å². The van der Waals surface area contributed by atoms with E-state index in [1.54, 1.807) is 6.07 Å². The Morgan fingerprint density at radius 1 is 1.40 bits per heavy atom. The van der Waals surface area contributed by atoms with Crippen LogP contribution in [-0.2, 0) is 42.0 Å². The first kappa shape index (κ1) is 21.0. The van der Waals surface area contributed by atoms with Crippen molar-refractivity contribution in [2.75, 3.05) is 6.61 Å². The molecule has 0 heterocycles. The molecule has 0 spiro atoms. The number of aliphatic hydroxyl groups is 1. The Morgan fingerprint density at radius 2 is 1.95 bits per heavy atom. The van der Waals surface area contributed by atoms with Gasteiger partial charge in [0.1, 0.15) is 18.2 Å². The van der Waals surface area contributed by atoms with Gasteiger partial charge in [-0.1, -0.05) is 12.1 Å². The van der Waals surface area contributed by atoms with Crippen LogP contribution >= 0.6 is 0 Å². The van der Waals surface area contributed by atoms with Crippen LogP contribution in [0.3, 0.4) is 0 Å². The molecule has 1 rings (SSSR count). The summed E-state index contributed by atoms with van der Waals surface area (Å²) in [6, 6.07) is 5.59. The van der Waals surface area contributed by atoms with Gasteiger partial charge in [0.15, 0.2) is 0 Å². The predicted molar refractivity (Wildman–Crippen MR) is 61.8 cm³/mol. The molecule has 0 aliphatic rings. The number of carbonyl (C=O) groups is 2. The molecule has 2 radical (unpaired) electrons. The summed E-state index contributed by atoms with van der Waals surface area (Å²) in [7, 11) is 0. The minimum absolute atomic E-state index is 0. The van der Waals surface area contributed by atoms with E-state index in [9.17, 15) is 9.18 Å². The second-order valence-corrected chi connectivity index (χ2v) is 3.30. The maximum Gasteiger partial charge on any atom is 1.00 e. The number of carboxylic acid groups (broad SMARTS) is 1. The number of rotatable bonds is 3. The molecule has 7 heteroatoms. The molecule has 0 atom stereocenters. The summed E-state index contributed by atoms with van der Waals surface area (Å²) in [4.78, 5) is 19.5. The van der Waals surface area contributed by atoms with Crippen LogP contribution in [0.25, 0.3) is 0 Å². The summed E-state index contributed by atoms with van der Waals surface area (Å²) >= 11 is 0. The first-order chi connectivity index (χ1) is 8.85. The van der Waals surface area contributed by atoms with Crippen LogP contribution in [0.4, 0.5) is 4.39 Å². The van der Waals surface area contributed by atoms with Crippen molar-refractivity contribution < 1.29 is 56.6 Å². The molecule has 0 fully saturated rings. The van der Waals surface area contributed by atoms with Crippen molar-refractivity contribution in [1.82, 2.24) is 0 Å². The SMILES string of the molecule is CC(=O)OC(=[C]c1cccc(F)c1)CO.CC(=O)[O-].[Hg+]. The topological polar surface area (TPSA) is 86.7 Å². The Labute approximate surface area is 136 Å². The van der Waals surface area contributed by atoms with Gasteiger partial charge in [0.05, 0.1) is 0 Å². The fourth-order valence-electron chi connectivity index (χ4n) is 0.998. The molecular formula is C13H13FHgO5. The minimum Gasteiger partial charge on any atom is -0.550 e. The summed E-state index contributed by atoms with van der Waals surface area (Å²) < 4.78 is 17.4. The average molecular weight is 469 g/mol. The summed E-state index contributed by atoms with van der Waals surface area (Å²) in [6.45, 7) is 1.72. The number of halogens is 1. The molecule has 0 unspecified atom stereocenters. The van der Waals surface area contributed by atoms with Gasteiger partial charge in [-0.05, 0) is 24.6 Å². The number of carbonyl (C=O) groups excluding carboxylic acids is 2. The van der Waals surface area contributed by atoms with E-state index >= 15 is 0 Å². The zero-order chi connectivity index (χ0) is 14.8. The molecule has 1 N–H and O–H groups in total. The quantitative estimate of drug-likeness (QED) is 0.388. The summed E-state index contributed by atoms with van der Waals surface area (Å²) in [5, 5.41) is 17.7. The number of hydrogen-bond acceptors (Lipinski definition) is 5. The third kappa shape index (κ3) is 11.8. The van der Waals surface area contributed by atoms with Crippen LogP contribution in [0.5, 0.6) is 0 Å². The van der Waals surface area contributed by atoms with E-state index in [0.29, 0.717) is 5.56 Å². The molecular weight excluding hydrogens is 456 g/mol. The van der Waals surface area contributed by atoms with E-state index < -0.39 is 24.4 Å². The van der Waals surface area contributed by atoms with Crippen LogP contribution in [0.15, 0.2) is 30.0 Å². The molecule has 1 aromatic rings. The zero-order valence-corrected chi connectivity index (χ0v) is 16.7. The maximum absolute atomic E-state index is 12.8. The van der Waals surface area contributed by atoms with Crippen LogP contribution in [0.2, 0.25) is 0 Å². The van der Waals surface area contributed by atoms with Crippen LogP contribution in [-0.4, -0.2) is 23.7 Å². The van der Waals surface area contributed by atoms with E-state index in [-0.39, 0.29) is 33.4 Å².